The number of esters is 1. The van der Waals surface area contributed by atoms with Crippen LogP contribution in [-0.4, -0.2) is 46.7 Å². The molecule has 2 saturated heterocycles. The highest BCUT2D eigenvalue weighted by molar-refractivity contribution is 6.80. The van der Waals surface area contributed by atoms with E-state index in [0.717, 1.165) is 45.1 Å². The van der Waals surface area contributed by atoms with E-state index in [2.05, 4.69) is 112 Å². The smallest absolute Gasteiger partial charge is 0.306 e. The first-order chi connectivity index (χ1) is 21.3. The van der Waals surface area contributed by atoms with Crippen molar-refractivity contribution in [2.24, 2.45) is 22.7 Å². The Morgan fingerprint density at radius 1 is 0.909 bits per heavy atom. The molecule has 3 aromatic carbocycles. The number of hydrogen-bond acceptors (Lipinski definition) is 5. The molecule has 0 spiro atoms. The lowest BCUT2D eigenvalue weighted by molar-refractivity contribution is -0.205. The first kappa shape index (κ1) is 31.2. The van der Waals surface area contributed by atoms with Crippen molar-refractivity contribution >= 4 is 25.4 Å². The monoisotopic (exact) mass is 612 g/mol. The molecule has 0 bridgehead atoms. The van der Waals surface area contributed by atoms with E-state index in [-0.39, 0.29) is 47.1 Å². The Hall–Kier alpha value is -2.77. The van der Waals surface area contributed by atoms with Gasteiger partial charge in [0, 0.05) is 24.4 Å². The predicted molar refractivity (Wildman–Crippen MR) is 176 cm³/mol. The van der Waals surface area contributed by atoms with E-state index < -0.39 is 9.04 Å². The zero-order chi connectivity index (χ0) is 30.6. The van der Waals surface area contributed by atoms with Gasteiger partial charge in [0.15, 0.2) is 6.29 Å². The van der Waals surface area contributed by atoms with Crippen LogP contribution in [0.1, 0.15) is 64.9 Å². The van der Waals surface area contributed by atoms with Crippen LogP contribution in [0.25, 0.3) is 0 Å². The van der Waals surface area contributed by atoms with Gasteiger partial charge in [-0.3, -0.25) is 4.79 Å². The van der Waals surface area contributed by atoms with E-state index in [1.807, 2.05) is 0 Å². The zero-order valence-corrected chi connectivity index (χ0v) is 27.7. The summed E-state index contributed by atoms with van der Waals surface area (Å²) in [6.07, 6.45) is 5.83. The van der Waals surface area contributed by atoms with E-state index in [9.17, 15) is 4.79 Å². The SMILES string of the molecule is CC(C)(C)C(O[SiH](c1ccccc1)c1ccccc1)[C@H]1[C@H]2CC(=O)OC[C@@]2(CCc2ccccc2)C[C@H]1OC1CCCCO1. The summed E-state index contributed by atoms with van der Waals surface area (Å²) in [6.45, 7) is 8.05. The van der Waals surface area contributed by atoms with Crippen molar-refractivity contribution in [1.29, 1.82) is 0 Å². The molecule has 0 aromatic heterocycles. The Morgan fingerprint density at radius 2 is 1.55 bits per heavy atom. The van der Waals surface area contributed by atoms with Crippen molar-refractivity contribution in [3.05, 3.63) is 96.6 Å². The van der Waals surface area contributed by atoms with Crippen LogP contribution < -0.4 is 10.4 Å². The maximum Gasteiger partial charge on any atom is 0.306 e. The summed E-state index contributed by atoms with van der Waals surface area (Å²) in [5.41, 5.74) is 0.959. The molecule has 1 aliphatic carbocycles. The minimum atomic E-state index is -2.09. The molecule has 3 aromatic rings. The van der Waals surface area contributed by atoms with Crippen molar-refractivity contribution in [3.63, 3.8) is 0 Å². The van der Waals surface area contributed by atoms with Gasteiger partial charge in [-0.2, -0.15) is 0 Å². The molecule has 6 heteroatoms. The van der Waals surface area contributed by atoms with Crippen LogP contribution in [0.5, 0.6) is 0 Å². The molecule has 234 valence electrons. The zero-order valence-electron chi connectivity index (χ0n) is 26.5. The fraction of sp³-hybridized carbons (Fsp3) is 0.500. The minimum Gasteiger partial charge on any atom is -0.465 e. The van der Waals surface area contributed by atoms with Gasteiger partial charge in [-0.25, -0.2) is 0 Å². The lowest BCUT2D eigenvalue weighted by Crippen LogP contribution is -2.55. The van der Waals surface area contributed by atoms with Crippen LogP contribution in [-0.2, 0) is 29.9 Å². The van der Waals surface area contributed by atoms with Gasteiger partial charge in [-0.15, -0.1) is 0 Å². The van der Waals surface area contributed by atoms with Gasteiger partial charge >= 0.3 is 5.97 Å². The van der Waals surface area contributed by atoms with E-state index in [0.29, 0.717) is 13.0 Å². The Labute approximate surface area is 265 Å². The maximum atomic E-state index is 13.1. The fourth-order valence-corrected chi connectivity index (χ4v) is 10.6. The van der Waals surface area contributed by atoms with Crippen LogP contribution in [0.4, 0.5) is 0 Å². The Morgan fingerprint density at radius 3 is 2.14 bits per heavy atom. The molecule has 3 fully saturated rings. The maximum absolute atomic E-state index is 13.1. The summed E-state index contributed by atoms with van der Waals surface area (Å²) in [6, 6.07) is 32.1. The van der Waals surface area contributed by atoms with Crippen molar-refractivity contribution in [2.45, 2.75) is 84.2 Å². The largest absolute Gasteiger partial charge is 0.465 e. The van der Waals surface area contributed by atoms with Crippen LogP contribution in [0, 0.1) is 22.7 Å². The first-order valence-electron chi connectivity index (χ1n) is 16.5. The number of aryl methyl sites for hydroxylation is 1. The number of hydrogen-bond donors (Lipinski definition) is 0. The lowest BCUT2D eigenvalue weighted by atomic mass is 9.66. The fourth-order valence-electron chi connectivity index (χ4n) is 7.92. The molecule has 1 saturated carbocycles. The van der Waals surface area contributed by atoms with Gasteiger partial charge in [0.25, 0.3) is 0 Å². The number of ether oxygens (including phenoxy) is 3. The molecule has 6 atom stereocenters. The quantitative estimate of drug-likeness (QED) is 0.206. The van der Waals surface area contributed by atoms with Gasteiger partial charge in [0.1, 0.15) is 0 Å². The number of carbonyl (C=O) groups is 1. The molecule has 0 N–H and O–H groups in total. The Kier molecular flexibility index (Phi) is 9.72. The van der Waals surface area contributed by atoms with Gasteiger partial charge < -0.3 is 18.6 Å². The first-order valence-corrected chi connectivity index (χ1v) is 18.2. The highest BCUT2D eigenvalue weighted by Crippen LogP contribution is 2.58. The molecule has 2 aliphatic heterocycles. The predicted octanol–water partition coefficient (Wildman–Crippen LogP) is 6.07. The highest BCUT2D eigenvalue weighted by atomic mass is 28.3. The van der Waals surface area contributed by atoms with Gasteiger partial charge in [-0.05, 0) is 65.8 Å². The number of fused-ring (bicyclic) bond motifs is 1. The van der Waals surface area contributed by atoms with E-state index in [4.69, 9.17) is 18.6 Å². The second kappa shape index (κ2) is 13.7. The number of benzene rings is 3. The third kappa shape index (κ3) is 7.04. The number of cyclic esters (lactones) is 1. The van der Waals surface area contributed by atoms with E-state index >= 15 is 0 Å². The van der Waals surface area contributed by atoms with Crippen LogP contribution in [0.15, 0.2) is 91.0 Å². The van der Waals surface area contributed by atoms with Gasteiger partial charge in [0.05, 0.1) is 18.8 Å². The molecule has 0 amide bonds. The van der Waals surface area contributed by atoms with Gasteiger partial charge in [0.2, 0.25) is 9.04 Å². The van der Waals surface area contributed by atoms with Crippen molar-refractivity contribution in [1.82, 2.24) is 0 Å². The molecule has 3 aliphatic rings. The van der Waals surface area contributed by atoms with Gasteiger partial charge in [-0.1, -0.05) is 112 Å². The summed E-state index contributed by atoms with van der Waals surface area (Å²) in [5.74, 6) is 0.0375. The third-order valence-corrected chi connectivity index (χ3v) is 12.7. The van der Waals surface area contributed by atoms with Crippen molar-refractivity contribution < 1.29 is 23.4 Å². The summed E-state index contributed by atoms with van der Waals surface area (Å²) in [4.78, 5) is 13.1. The molecule has 44 heavy (non-hydrogen) atoms. The van der Waals surface area contributed by atoms with Crippen LogP contribution in [0.2, 0.25) is 0 Å². The Balaban J connectivity index is 1.39. The average molecular weight is 613 g/mol. The number of carbonyl (C=O) groups excluding carboxylic acids is 1. The lowest BCUT2D eigenvalue weighted by Gasteiger charge is -2.46. The molecule has 5 nitrogen and oxygen atoms in total. The van der Waals surface area contributed by atoms with Crippen LogP contribution >= 0.6 is 0 Å². The number of rotatable bonds is 10. The second-order valence-corrected chi connectivity index (χ2v) is 16.6. The average Bonchev–Trinajstić information content (AvgIpc) is 3.34. The second-order valence-electron chi connectivity index (χ2n) is 14.2. The summed E-state index contributed by atoms with van der Waals surface area (Å²) < 4.78 is 26.6. The molecule has 6 rings (SSSR count). The molecule has 2 unspecified atom stereocenters. The molecular formula is C38H48O5Si. The summed E-state index contributed by atoms with van der Waals surface area (Å²) in [5, 5.41) is 2.52. The highest BCUT2D eigenvalue weighted by Gasteiger charge is 2.61. The molecular weight excluding hydrogens is 564 g/mol. The summed E-state index contributed by atoms with van der Waals surface area (Å²) >= 11 is 0. The van der Waals surface area contributed by atoms with Crippen LogP contribution in [0.3, 0.4) is 0 Å². The molecule has 0 radical (unpaired) electrons. The normalized spacial score (nSPS) is 28.0. The topological polar surface area (TPSA) is 54.0 Å². The van der Waals surface area contributed by atoms with Crippen molar-refractivity contribution in [3.8, 4) is 0 Å². The minimum absolute atomic E-state index is 0.0339. The van der Waals surface area contributed by atoms with Crippen molar-refractivity contribution in [2.75, 3.05) is 13.2 Å². The third-order valence-electron chi connectivity index (χ3n) is 10.1. The molecule has 2 heterocycles. The standard InChI is InChI=1S/C38H48O5Si/c1-37(2,3)36(43-44(29-17-9-5-10-18-29)30-19-11-6-12-20-30)35-31-25-33(39)41-27-38(31,23-22-28-15-7-4-8-16-28)26-32(35)42-34-21-13-14-24-40-34/h4-12,15-20,31-32,34-36,44H,13-14,21-27H2,1-3H3/t31-,32-,34?,35+,36?,38-/m1/s1. The van der Waals surface area contributed by atoms with E-state index in [1.165, 1.54) is 15.9 Å². The summed E-state index contributed by atoms with van der Waals surface area (Å²) in [7, 11) is -2.09. The van der Waals surface area contributed by atoms with E-state index in [1.54, 1.807) is 0 Å². The Bertz CT molecular complexity index is 1300.